The Kier molecular flexibility index (Phi) is 6.51. The van der Waals surface area contributed by atoms with Gasteiger partial charge in [-0.15, -0.1) is 0 Å². The molecule has 0 bridgehead atoms. The first-order valence-corrected chi connectivity index (χ1v) is 10.7. The molecule has 0 aliphatic rings. The molecule has 2 aromatic heterocycles. The van der Waals surface area contributed by atoms with Gasteiger partial charge in [-0.1, -0.05) is 48.2 Å². The van der Waals surface area contributed by atoms with Gasteiger partial charge in [0.25, 0.3) is 5.91 Å². The van der Waals surface area contributed by atoms with E-state index in [1.165, 1.54) is 5.56 Å². The molecule has 0 saturated heterocycles. The minimum Gasteiger partial charge on any atom is -0.383 e. The van der Waals surface area contributed by atoms with Crippen molar-refractivity contribution in [1.82, 2.24) is 20.1 Å². The molecule has 2 aromatic carbocycles. The number of carbonyl (C=O) groups excluding carboxylic acids is 1. The molecular weight excluding hydrogens is 410 g/mol. The molecule has 0 fully saturated rings. The minimum atomic E-state index is -0.117. The van der Waals surface area contributed by atoms with E-state index in [9.17, 15) is 4.79 Å². The molecule has 0 spiro atoms. The van der Waals surface area contributed by atoms with Gasteiger partial charge in [0.1, 0.15) is 5.82 Å². The first kappa shape index (κ1) is 21.8. The molecule has 6 heteroatoms. The summed E-state index contributed by atoms with van der Waals surface area (Å²) in [6, 6.07) is 17.5. The number of nitrogen functional groups attached to an aromatic ring is 1. The Hall–Kier alpha value is -4.37. The lowest BCUT2D eigenvalue weighted by molar-refractivity contribution is 0.0954. The first-order valence-electron chi connectivity index (χ1n) is 10.7. The average molecular weight is 436 g/mol. The second-order valence-electron chi connectivity index (χ2n) is 7.83. The normalized spacial score (nSPS) is 10.4. The van der Waals surface area contributed by atoms with Crippen molar-refractivity contribution in [2.24, 2.45) is 7.05 Å². The minimum absolute atomic E-state index is 0.117. The van der Waals surface area contributed by atoms with Crippen LogP contribution in [-0.4, -0.2) is 27.2 Å². The second kappa shape index (κ2) is 9.84. The van der Waals surface area contributed by atoms with Crippen LogP contribution in [0.5, 0.6) is 0 Å². The maximum Gasteiger partial charge on any atom is 0.251 e. The molecule has 0 aliphatic heterocycles. The Bertz CT molecular complexity index is 1350. The number of nitrogens with one attached hydrogen (secondary N) is 1. The van der Waals surface area contributed by atoms with Crippen LogP contribution in [0.15, 0.2) is 73.2 Å². The van der Waals surface area contributed by atoms with Crippen molar-refractivity contribution in [3.63, 3.8) is 0 Å². The number of nitrogens with zero attached hydrogens (tertiary/aromatic N) is 3. The van der Waals surface area contributed by atoms with Crippen molar-refractivity contribution in [3.05, 3.63) is 101 Å². The lowest BCUT2D eigenvalue weighted by atomic mass is 10.0. The van der Waals surface area contributed by atoms with Gasteiger partial charge < -0.3 is 11.1 Å². The zero-order valence-electron chi connectivity index (χ0n) is 18.7. The fourth-order valence-corrected chi connectivity index (χ4v) is 3.40. The van der Waals surface area contributed by atoms with Gasteiger partial charge in [-0.2, -0.15) is 5.10 Å². The van der Waals surface area contributed by atoms with E-state index in [-0.39, 0.29) is 5.91 Å². The molecule has 0 saturated carbocycles. The van der Waals surface area contributed by atoms with Crippen molar-refractivity contribution in [1.29, 1.82) is 0 Å². The van der Waals surface area contributed by atoms with E-state index in [1.807, 2.05) is 62.6 Å². The predicted octanol–water partition coefficient (Wildman–Crippen LogP) is 3.75. The Morgan fingerprint density at radius 2 is 1.82 bits per heavy atom. The van der Waals surface area contributed by atoms with Crippen LogP contribution in [0, 0.1) is 18.8 Å². The molecule has 164 valence electrons. The van der Waals surface area contributed by atoms with Crippen molar-refractivity contribution < 1.29 is 4.79 Å². The van der Waals surface area contributed by atoms with E-state index in [4.69, 9.17) is 5.73 Å². The highest BCUT2D eigenvalue weighted by molar-refractivity contribution is 5.94. The lowest BCUT2D eigenvalue weighted by Crippen LogP contribution is -2.25. The summed E-state index contributed by atoms with van der Waals surface area (Å²) in [7, 11) is 1.86. The van der Waals surface area contributed by atoms with Crippen LogP contribution in [0.25, 0.3) is 11.1 Å². The van der Waals surface area contributed by atoms with Gasteiger partial charge in [0.15, 0.2) is 0 Å². The summed E-state index contributed by atoms with van der Waals surface area (Å²) in [4.78, 5) is 16.9. The Balaban J connectivity index is 1.50. The number of rotatable bonds is 5. The highest BCUT2D eigenvalue weighted by atomic mass is 16.1. The number of benzene rings is 2. The van der Waals surface area contributed by atoms with Crippen LogP contribution in [0.2, 0.25) is 0 Å². The Morgan fingerprint density at radius 3 is 2.58 bits per heavy atom. The van der Waals surface area contributed by atoms with Crippen molar-refractivity contribution >= 4 is 11.7 Å². The van der Waals surface area contributed by atoms with Gasteiger partial charge in [0.2, 0.25) is 0 Å². The maximum atomic E-state index is 12.6. The summed E-state index contributed by atoms with van der Waals surface area (Å²) in [5.41, 5.74) is 12.1. The Morgan fingerprint density at radius 1 is 1.03 bits per heavy atom. The van der Waals surface area contributed by atoms with E-state index in [1.54, 1.807) is 17.1 Å². The van der Waals surface area contributed by atoms with Gasteiger partial charge in [0, 0.05) is 48.2 Å². The van der Waals surface area contributed by atoms with Gasteiger partial charge in [-0.3, -0.25) is 9.48 Å². The summed E-state index contributed by atoms with van der Waals surface area (Å²) >= 11 is 0. The largest absolute Gasteiger partial charge is 0.383 e. The molecule has 33 heavy (non-hydrogen) atoms. The third-order valence-corrected chi connectivity index (χ3v) is 5.33. The molecule has 0 atom stereocenters. The zero-order valence-corrected chi connectivity index (χ0v) is 18.7. The lowest BCUT2D eigenvalue weighted by Gasteiger charge is -2.07. The van der Waals surface area contributed by atoms with Crippen molar-refractivity contribution in [3.8, 4) is 23.0 Å². The number of anilines is 1. The van der Waals surface area contributed by atoms with Crippen LogP contribution >= 0.6 is 0 Å². The van der Waals surface area contributed by atoms with Crippen LogP contribution < -0.4 is 11.1 Å². The standard InChI is InChI=1S/C27H25N5O/c1-19-8-9-23(27(33)29-13-12-20-6-4-3-5-7-20)14-21(19)10-11-22-15-24(16-30-26(22)28)25-17-31-32(2)18-25/h3-9,14-18H,12-13H2,1-2H3,(H2,28,30)(H,29,33). The van der Waals surface area contributed by atoms with E-state index < -0.39 is 0 Å². The molecular formula is C27H25N5O. The molecule has 6 nitrogen and oxygen atoms in total. The number of aromatic nitrogens is 3. The number of hydrogen-bond donors (Lipinski definition) is 2. The summed E-state index contributed by atoms with van der Waals surface area (Å²) in [6.45, 7) is 2.54. The summed E-state index contributed by atoms with van der Waals surface area (Å²) in [5.74, 6) is 6.53. The van der Waals surface area contributed by atoms with Gasteiger partial charge >= 0.3 is 0 Å². The highest BCUT2D eigenvalue weighted by Crippen LogP contribution is 2.21. The fourth-order valence-electron chi connectivity index (χ4n) is 3.40. The second-order valence-corrected chi connectivity index (χ2v) is 7.83. The quantitative estimate of drug-likeness (QED) is 0.468. The third-order valence-electron chi connectivity index (χ3n) is 5.33. The number of amides is 1. The van der Waals surface area contributed by atoms with Gasteiger partial charge in [-0.25, -0.2) is 4.98 Å². The molecule has 0 radical (unpaired) electrons. The molecule has 4 aromatic rings. The molecule has 3 N–H and O–H groups in total. The Labute approximate surface area is 193 Å². The highest BCUT2D eigenvalue weighted by Gasteiger charge is 2.08. The fraction of sp³-hybridized carbons (Fsp3) is 0.148. The SMILES string of the molecule is Cc1ccc(C(=O)NCCc2ccccc2)cc1C#Cc1cc(-c2cnn(C)c2)cnc1N. The summed E-state index contributed by atoms with van der Waals surface area (Å²) < 4.78 is 1.73. The van der Waals surface area contributed by atoms with Gasteiger partial charge in [-0.05, 0) is 42.7 Å². The number of nitrogens with two attached hydrogens (primary N) is 1. The first-order chi connectivity index (χ1) is 16.0. The smallest absolute Gasteiger partial charge is 0.251 e. The third kappa shape index (κ3) is 5.46. The van der Waals surface area contributed by atoms with Crippen LogP contribution in [0.3, 0.4) is 0 Å². The average Bonchev–Trinajstić information content (AvgIpc) is 3.26. The molecule has 1 amide bonds. The van der Waals surface area contributed by atoms with E-state index in [0.29, 0.717) is 23.5 Å². The number of hydrogen-bond acceptors (Lipinski definition) is 4. The van der Waals surface area contributed by atoms with Crippen LogP contribution in [0.4, 0.5) is 5.82 Å². The maximum absolute atomic E-state index is 12.6. The number of pyridine rings is 1. The van der Waals surface area contributed by atoms with E-state index in [2.05, 4.69) is 39.4 Å². The molecule has 0 unspecified atom stereocenters. The van der Waals surface area contributed by atoms with Crippen molar-refractivity contribution in [2.45, 2.75) is 13.3 Å². The number of carbonyl (C=O) groups is 1. The molecule has 4 rings (SSSR count). The van der Waals surface area contributed by atoms with Gasteiger partial charge in [0.05, 0.1) is 11.8 Å². The summed E-state index contributed by atoms with van der Waals surface area (Å²) in [5, 5.41) is 7.18. The predicted molar refractivity (Wildman–Crippen MR) is 130 cm³/mol. The van der Waals surface area contributed by atoms with E-state index >= 15 is 0 Å². The summed E-state index contributed by atoms with van der Waals surface area (Å²) in [6.07, 6.45) is 6.18. The number of aryl methyl sites for hydroxylation is 2. The molecule has 0 aliphatic carbocycles. The zero-order chi connectivity index (χ0) is 23.2. The topological polar surface area (TPSA) is 85.8 Å². The van der Waals surface area contributed by atoms with Crippen LogP contribution in [-0.2, 0) is 13.5 Å². The van der Waals surface area contributed by atoms with Crippen LogP contribution in [0.1, 0.15) is 32.6 Å². The monoisotopic (exact) mass is 435 g/mol. The van der Waals surface area contributed by atoms with Crippen molar-refractivity contribution in [2.75, 3.05) is 12.3 Å². The van der Waals surface area contributed by atoms with E-state index in [0.717, 1.165) is 28.7 Å². The molecule has 2 heterocycles.